The number of rotatable bonds is 7. The van der Waals surface area contributed by atoms with Gasteiger partial charge in [0.15, 0.2) is 18.1 Å². The molecule has 0 aliphatic rings. The van der Waals surface area contributed by atoms with Crippen LogP contribution < -0.4 is 20.1 Å². The van der Waals surface area contributed by atoms with Gasteiger partial charge in [-0.2, -0.15) is 0 Å². The first kappa shape index (κ1) is 20.9. The van der Waals surface area contributed by atoms with Gasteiger partial charge in [-0.15, -0.1) is 0 Å². The highest BCUT2D eigenvalue weighted by Crippen LogP contribution is 2.27. The first-order valence-electron chi connectivity index (χ1n) is 9.19. The lowest BCUT2D eigenvalue weighted by atomic mass is 10.2. The maximum atomic E-state index is 13.0. The normalized spacial score (nSPS) is 10.2. The minimum Gasteiger partial charge on any atom is -0.493 e. The highest BCUT2D eigenvalue weighted by molar-refractivity contribution is 6.05. The fourth-order valence-corrected chi connectivity index (χ4v) is 2.71. The van der Waals surface area contributed by atoms with Crippen molar-refractivity contribution in [3.05, 3.63) is 83.7 Å². The largest absolute Gasteiger partial charge is 0.493 e. The molecular weight excluding hydrogens is 387 g/mol. The number of aryl methyl sites for hydroxylation is 1. The van der Waals surface area contributed by atoms with E-state index in [0.29, 0.717) is 28.4 Å². The van der Waals surface area contributed by atoms with Gasteiger partial charge in [0.05, 0.1) is 7.11 Å². The molecule has 2 amide bonds. The zero-order chi connectivity index (χ0) is 21.5. The zero-order valence-electron chi connectivity index (χ0n) is 16.6. The Bertz CT molecular complexity index is 1050. The Hall–Kier alpha value is -3.87. The first-order valence-corrected chi connectivity index (χ1v) is 9.19. The van der Waals surface area contributed by atoms with Crippen LogP contribution in [0.25, 0.3) is 0 Å². The quantitative estimate of drug-likeness (QED) is 0.607. The topological polar surface area (TPSA) is 76.7 Å². The number of hydrogen-bond acceptors (Lipinski definition) is 4. The van der Waals surface area contributed by atoms with Gasteiger partial charge >= 0.3 is 0 Å². The van der Waals surface area contributed by atoms with Gasteiger partial charge in [0.25, 0.3) is 11.8 Å². The molecule has 6 nitrogen and oxygen atoms in total. The van der Waals surface area contributed by atoms with Crippen molar-refractivity contribution in [3.63, 3.8) is 0 Å². The van der Waals surface area contributed by atoms with Crippen molar-refractivity contribution in [2.24, 2.45) is 0 Å². The summed E-state index contributed by atoms with van der Waals surface area (Å²) in [6, 6.07) is 17.3. The molecule has 2 N–H and O–H groups in total. The fourth-order valence-electron chi connectivity index (χ4n) is 2.71. The van der Waals surface area contributed by atoms with E-state index in [4.69, 9.17) is 9.47 Å². The van der Waals surface area contributed by atoms with E-state index in [2.05, 4.69) is 10.6 Å². The van der Waals surface area contributed by atoms with E-state index in [1.165, 1.54) is 31.4 Å². The van der Waals surface area contributed by atoms with Gasteiger partial charge in [0.1, 0.15) is 5.82 Å². The van der Waals surface area contributed by atoms with Gasteiger partial charge in [-0.25, -0.2) is 4.39 Å². The number of nitrogens with one attached hydrogen (secondary N) is 2. The minimum absolute atomic E-state index is 0.217. The molecular formula is C23H21FN2O4. The molecule has 3 rings (SSSR count). The summed E-state index contributed by atoms with van der Waals surface area (Å²) in [4.78, 5) is 24.6. The molecule has 154 valence electrons. The standard InChI is InChI=1S/C23H21FN2O4/c1-15-6-11-20(21(12-15)29-2)30-14-22(27)25-19-5-3-4-16(13-19)23(28)26-18-9-7-17(24)8-10-18/h3-13H,14H2,1-2H3,(H,25,27)(H,26,28). The van der Waals surface area contributed by atoms with Crippen LogP contribution in [-0.2, 0) is 4.79 Å². The Morgan fingerprint density at radius 1 is 0.900 bits per heavy atom. The SMILES string of the molecule is COc1cc(C)ccc1OCC(=O)Nc1cccc(C(=O)Nc2ccc(F)cc2)c1. The van der Waals surface area contributed by atoms with Crippen LogP contribution in [0.5, 0.6) is 11.5 Å². The van der Waals surface area contributed by atoms with Crippen molar-refractivity contribution in [2.45, 2.75) is 6.92 Å². The second kappa shape index (κ2) is 9.56. The molecule has 30 heavy (non-hydrogen) atoms. The summed E-state index contributed by atoms with van der Waals surface area (Å²) in [6.45, 7) is 1.71. The molecule has 3 aromatic rings. The molecule has 0 aliphatic carbocycles. The number of methoxy groups -OCH3 is 1. The number of halogens is 1. The predicted molar refractivity (Wildman–Crippen MR) is 113 cm³/mol. The van der Waals surface area contributed by atoms with Crippen molar-refractivity contribution in [3.8, 4) is 11.5 Å². The van der Waals surface area contributed by atoms with E-state index >= 15 is 0 Å². The molecule has 0 heterocycles. The number of carbonyl (C=O) groups excluding carboxylic acids is 2. The molecule has 0 aromatic heterocycles. The second-order valence-electron chi connectivity index (χ2n) is 6.53. The van der Waals surface area contributed by atoms with E-state index in [9.17, 15) is 14.0 Å². The molecule has 0 aliphatic heterocycles. The minimum atomic E-state index is -0.386. The number of hydrogen-bond donors (Lipinski definition) is 2. The van der Waals surface area contributed by atoms with Gasteiger partial charge in [-0.05, 0) is 67.1 Å². The summed E-state index contributed by atoms with van der Waals surface area (Å²) in [5.41, 5.74) is 2.28. The third-order valence-electron chi connectivity index (χ3n) is 4.19. The van der Waals surface area contributed by atoms with E-state index in [1.54, 1.807) is 30.3 Å². The third-order valence-corrected chi connectivity index (χ3v) is 4.19. The van der Waals surface area contributed by atoms with E-state index in [1.807, 2.05) is 19.1 Å². The predicted octanol–water partition coefficient (Wildman–Crippen LogP) is 4.41. The second-order valence-corrected chi connectivity index (χ2v) is 6.53. The van der Waals surface area contributed by atoms with Gasteiger partial charge < -0.3 is 20.1 Å². The summed E-state index contributed by atoms with van der Waals surface area (Å²) >= 11 is 0. The van der Waals surface area contributed by atoms with Crippen molar-refractivity contribution in [1.29, 1.82) is 0 Å². The molecule has 0 atom stereocenters. The van der Waals surface area contributed by atoms with Crippen LogP contribution in [0, 0.1) is 12.7 Å². The molecule has 0 radical (unpaired) electrons. The van der Waals surface area contributed by atoms with Crippen LogP contribution in [0.4, 0.5) is 15.8 Å². The Kier molecular flexibility index (Phi) is 6.64. The number of amides is 2. The average Bonchev–Trinajstić information content (AvgIpc) is 2.74. The van der Waals surface area contributed by atoms with Crippen molar-refractivity contribution < 1.29 is 23.5 Å². The van der Waals surface area contributed by atoms with E-state index in [0.717, 1.165) is 5.56 Å². The monoisotopic (exact) mass is 408 g/mol. The van der Waals surface area contributed by atoms with Crippen molar-refractivity contribution in [2.75, 3.05) is 24.4 Å². The molecule has 0 bridgehead atoms. The number of ether oxygens (including phenoxy) is 2. The van der Waals surface area contributed by atoms with Crippen LogP contribution in [0.15, 0.2) is 66.7 Å². The molecule has 3 aromatic carbocycles. The van der Waals surface area contributed by atoms with Crippen molar-refractivity contribution in [1.82, 2.24) is 0 Å². The summed E-state index contributed by atoms with van der Waals surface area (Å²) in [6.07, 6.45) is 0. The van der Waals surface area contributed by atoms with E-state index in [-0.39, 0.29) is 24.2 Å². The van der Waals surface area contributed by atoms with Crippen LogP contribution in [0.2, 0.25) is 0 Å². The number of carbonyl (C=O) groups is 2. The lowest BCUT2D eigenvalue weighted by Crippen LogP contribution is -2.20. The molecule has 0 saturated carbocycles. The van der Waals surface area contributed by atoms with Crippen LogP contribution in [-0.4, -0.2) is 25.5 Å². The lowest BCUT2D eigenvalue weighted by Gasteiger charge is -2.12. The molecule has 7 heteroatoms. The van der Waals surface area contributed by atoms with Crippen LogP contribution in [0.1, 0.15) is 15.9 Å². The first-order chi connectivity index (χ1) is 14.4. The third kappa shape index (κ3) is 5.57. The summed E-state index contributed by atoms with van der Waals surface area (Å²) in [5, 5.41) is 5.37. The summed E-state index contributed by atoms with van der Waals surface area (Å²) in [7, 11) is 1.53. The molecule has 0 saturated heterocycles. The fraction of sp³-hybridized carbons (Fsp3) is 0.130. The average molecular weight is 408 g/mol. The molecule has 0 fully saturated rings. The maximum absolute atomic E-state index is 13.0. The van der Waals surface area contributed by atoms with Gasteiger partial charge in [0, 0.05) is 16.9 Å². The molecule has 0 spiro atoms. The molecule has 0 unspecified atom stereocenters. The summed E-state index contributed by atoms with van der Waals surface area (Å²) < 4.78 is 23.8. The Labute approximate surface area is 173 Å². The van der Waals surface area contributed by atoms with Gasteiger partial charge in [-0.3, -0.25) is 9.59 Å². The maximum Gasteiger partial charge on any atom is 0.262 e. The highest BCUT2D eigenvalue weighted by Gasteiger charge is 2.11. The Balaban J connectivity index is 1.59. The van der Waals surface area contributed by atoms with E-state index < -0.39 is 0 Å². The zero-order valence-corrected chi connectivity index (χ0v) is 16.6. The Morgan fingerprint density at radius 3 is 2.40 bits per heavy atom. The summed E-state index contributed by atoms with van der Waals surface area (Å²) in [5.74, 6) is -0.136. The van der Waals surface area contributed by atoms with Crippen LogP contribution in [0.3, 0.4) is 0 Å². The van der Waals surface area contributed by atoms with Gasteiger partial charge in [-0.1, -0.05) is 12.1 Å². The van der Waals surface area contributed by atoms with Crippen LogP contribution >= 0.6 is 0 Å². The number of benzene rings is 3. The smallest absolute Gasteiger partial charge is 0.262 e. The Morgan fingerprint density at radius 2 is 1.67 bits per heavy atom. The van der Waals surface area contributed by atoms with Gasteiger partial charge in [0.2, 0.25) is 0 Å². The number of anilines is 2. The lowest BCUT2D eigenvalue weighted by molar-refractivity contribution is -0.118. The van der Waals surface area contributed by atoms with Crippen molar-refractivity contribution >= 4 is 23.2 Å². The highest BCUT2D eigenvalue weighted by atomic mass is 19.1.